The van der Waals surface area contributed by atoms with Crippen molar-refractivity contribution in [2.24, 2.45) is 0 Å². The van der Waals surface area contributed by atoms with Crippen LogP contribution in [0, 0.1) is 11.8 Å². The second-order valence-corrected chi connectivity index (χ2v) is 2.36. The zero-order valence-corrected chi connectivity index (χ0v) is 7.20. The number of carbonyl (C=O) groups is 1. The molecule has 0 saturated heterocycles. The smallest absolute Gasteiger partial charge is 0.384 e. The summed E-state index contributed by atoms with van der Waals surface area (Å²) in [6.07, 6.45) is 0. The number of methoxy groups -OCH3 is 1. The van der Waals surface area contributed by atoms with Crippen molar-refractivity contribution in [3.8, 4) is 11.8 Å². The molecule has 13 heavy (non-hydrogen) atoms. The summed E-state index contributed by atoms with van der Waals surface area (Å²) in [6.45, 7) is 0. The summed E-state index contributed by atoms with van der Waals surface area (Å²) in [4.78, 5) is 10.6. The Labute approximate surface area is 76.5 Å². The lowest BCUT2D eigenvalue weighted by atomic mass is 10.2. The number of nitrogen functional groups attached to an aromatic ring is 1. The van der Waals surface area contributed by atoms with Crippen LogP contribution in [0.25, 0.3) is 0 Å². The molecule has 1 rings (SSSR count). The molecule has 3 heteroatoms. The Balaban J connectivity index is 2.78. The van der Waals surface area contributed by atoms with Crippen molar-refractivity contribution < 1.29 is 9.53 Å². The Morgan fingerprint density at radius 2 is 2.00 bits per heavy atom. The average molecular weight is 175 g/mol. The summed E-state index contributed by atoms with van der Waals surface area (Å²) in [7, 11) is 1.29. The molecule has 0 aromatic heterocycles. The van der Waals surface area contributed by atoms with Crippen LogP contribution in [0.3, 0.4) is 0 Å². The summed E-state index contributed by atoms with van der Waals surface area (Å²) in [6, 6.07) is 6.93. The van der Waals surface area contributed by atoms with Gasteiger partial charge in [-0.15, -0.1) is 0 Å². The molecular formula is C10H9NO2. The van der Waals surface area contributed by atoms with Gasteiger partial charge < -0.3 is 10.5 Å². The number of hydrogen-bond donors (Lipinski definition) is 1. The number of benzene rings is 1. The van der Waals surface area contributed by atoms with Gasteiger partial charge in [0.25, 0.3) is 0 Å². The van der Waals surface area contributed by atoms with E-state index in [0.29, 0.717) is 5.69 Å². The number of rotatable bonds is 0. The molecule has 0 heterocycles. The van der Waals surface area contributed by atoms with Gasteiger partial charge in [0.05, 0.1) is 7.11 Å². The highest BCUT2D eigenvalue weighted by molar-refractivity contribution is 5.89. The van der Waals surface area contributed by atoms with E-state index < -0.39 is 5.97 Å². The third-order valence-electron chi connectivity index (χ3n) is 1.40. The van der Waals surface area contributed by atoms with Gasteiger partial charge in [-0.2, -0.15) is 0 Å². The third kappa shape index (κ3) is 2.88. The van der Waals surface area contributed by atoms with Gasteiger partial charge in [0.15, 0.2) is 0 Å². The van der Waals surface area contributed by atoms with Gasteiger partial charge in [0.2, 0.25) is 0 Å². The van der Waals surface area contributed by atoms with Crippen LogP contribution < -0.4 is 5.73 Å². The first-order valence-corrected chi connectivity index (χ1v) is 3.68. The maximum atomic E-state index is 10.6. The van der Waals surface area contributed by atoms with E-state index in [1.165, 1.54) is 7.11 Å². The molecule has 2 N–H and O–H groups in total. The van der Waals surface area contributed by atoms with Gasteiger partial charge >= 0.3 is 5.97 Å². The van der Waals surface area contributed by atoms with Crippen LogP contribution in [0.4, 0.5) is 5.69 Å². The highest BCUT2D eigenvalue weighted by atomic mass is 16.5. The molecule has 0 aliphatic rings. The Morgan fingerprint density at radius 1 is 1.38 bits per heavy atom. The maximum absolute atomic E-state index is 10.6. The minimum atomic E-state index is -0.545. The summed E-state index contributed by atoms with van der Waals surface area (Å²) in [5, 5.41) is 0. The molecule has 0 spiro atoms. The van der Waals surface area contributed by atoms with Crippen LogP contribution in [0.1, 0.15) is 5.56 Å². The number of ether oxygens (including phenoxy) is 1. The normalized spacial score (nSPS) is 8.38. The van der Waals surface area contributed by atoms with E-state index in [1.54, 1.807) is 24.3 Å². The Morgan fingerprint density at radius 3 is 2.54 bits per heavy atom. The molecule has 66 valence electrons. The lowest BCUT2D eigenvalue weighted by molar-refractivity contribution is -0.133. The topological polar surface area (TPSA) is 52.3 Å². The van der Waals surface area contributed by atoms with Crippen molar-refractivity contribution >= 4 is 11.7 Å². The second-order valence-electron chi connectivity index (χ2n) is 2.36. The fraction of sp³-hybridized carbons (Fsp3) is 0.100. The lowest BCUT2D eigenvalue weighted by Gasteiger charge is -1.91. The van der Waals surface area contributed by atoms with Crippen LogP contribution in [0.2, 0.25) is 0 Å². The SMILES string of the molecule is COC(=O)C#Cc1ccc(N)cc1. The summed E-state index contributed by atoms with van der Waals surface area (Å²) in [5.41, 5.74) is 6.87. The van der Waals surface area contributed by atoms with Gasteiger partial charge in [0, 0.05) is 17.2 Å². The van der Waals surface area contributed by atoms with Crippen molar-refractivity contribution in [1.29, 1.82) is 0 Å². The molecule has 0 aliphatic heterocycles. The van der Waals surface area contributed by atoms with Crippen molar-refractivity contribution in [3.63, 3.8) is 0 Å². The average Bonchev–Trinajstić information content (AvgIpc) is 2.16. The first-order valence-electron chi connectivity index (χ1n) is 3.68. The lowest BCUT2D eigenvalue weighted by Crippen LogP contribution is -1.94. The van der Waals surface area contributed by atoms with Crippen molar-refractivity contribution in [2.75, 3.05) is 12.8 Å². The quantitative estimate of drug-likeness (QED) is 0.360. The second kappa shape index (κ2) is 4.17. The number of hydrogen-bond acceptors (Lipinski definition) is 3. The number of carbonyl (C=O) groups excluding carboxylic acids is 1. The number of anilines is 1. The van der Waals surface area contributed by atoms with E-state index in [-0.39, 0.29) is 0 Å². The zero-order chi connectivity index (χ0) is 9.68. The molecule has 0 atom stereocenters. The molecule has 1 aromatic rings. The van der Waals surface area contributed by atoms with E-state index in [2.05, 4.69) is 16.6 Å². The third-order valence-corrected chi connectivity index (χ3v) is 1.40. The highest BCUT2D eigenvalue weighted by Crippen LogP contribution is 2.03. The molecule has 0 radical (unpaired) electrons. The fourth-order valence-corrected chi connectivity index (χ4v) is 0.741. The maximum Gasteiger partial charge on any atom is 0.384 e. The molecule has 3 nitrogen and oxygen atoms in total. The van der Waals surface area contributed by atoms with Crippen LogP contribution in [0.15, 0.2) is 24.3 Å². The van der Waals surface area contributed by atoms with Crippen LogP contribution in [-0.2, 0) is 9.53 Å². The Hall–Kier alpha value is -1.95. The number of esters is 1. The van der Waals surface area contributed by atoms with Crippen molar-refractivity contribution in [2.45, 2.75) is 0 Å². The molecule has 0 bridgehead atoms. The van der Waals surface area contributed by atoms with Crippen LogP contribution in [0.5, 0.6) is 0 Å². The van der Waals surface area contributed by atoms with Crippen molar-refractivity contribution in [3.05, 3.63) is 29.8 Å². The van der Waals surface area contributed by atoms with Gasteiger partial charge in [-0.1, -0.05) is 5.92 Å². The van der Waals surface area contributed by atoms with E-state index in [4.69, 9.17) is 5.73 Å². The minimum absolute atomic E-state index is 0.545. The first kappa shape index (κ1) is 9.14. The molecule has 1 aromatic carbocycles. The minimum Gasteiger partial charge on any atom is -0.459 e. The first-order chi connectivity index (χ1) is 6.22. The molecule has 0 amide bonds. The van der Waals surface area contributed by atoms with E-state index in [9.17, 15) is 4.79 Å². The monoisotopic (exact) mass is 175 g/mol. The van der Waals surface area contributed by atoms with Crippen molar-refractivity contribution in [1.82, 2.24) is 0 Å². The van der Waals surface area contributed by atoms with Gasteiger partial charge in [-0.25, -0.2) is 4.79 Å². The standard InChI is InChI=1S/C10H9NO2/c1-13-10(12)7-4-8-2-5-9(11)6-3-8/h2-3,5-6H,11H2,1H3. The molecule has 0 unspecified atom stereocenters. The van der Waals surface area contributed by atoms with Gasteiger partial charge in [-0.3, -0.25) is 0 Å². The zero-order valence-electron chi connectivity index (χ0n) is 7.20. The Kier molecular flexibility index (Phi) is 2.93. The van der Waals surface area contributed by atoms with Gasteiger partial charge in [0.1, 0.15) is 0 Å². The molecule has 0 saturated carbocycles. The van der Waals surface area contributed by atoms with E-state index >= 15 is 0 Å². The van der Waals surface area contributed by atoms with Crippen LogP contribution >= 0.6 is 0 Å². The molecule has 0 aliphatic carbocycles. The largest absolute Gasteiger partial charge is 0.459 e. The van der Waals surface area contributed by atoms with E-state index in [0.717, 1.165) is 5.56 Å². The fourth-order valence-electron chi connectivity index (χ4n) is 0.741. The molecular weight excluding hydrogens is 166 g/mol. The van der Waals surface area contributed by atoms with E-state index in [1.807, 2.05) is 0 Å². The Bertz CT molecular complexity index is 357. The summed E-state index contributed by atoms with van der Waals surface area (Å²) >= 11 is 0. The number of nitrogens with two attached hydrogens (primary N) is 1. The highest BCUT2D eigenvalue weighted by Gasteiger charge is 1.90. The predicted octanol–water partition coefficient (Wildman–Crippen LogP) is 0.793. The summed E-state index contributed by atoms with van der Waals surface area (Å²) in [5.74, 6) is 4.41. The summed E-state index contributed by atoms with van der Waals surface area (Å²) < 4.78 is 4.36. The predicted molar refractivity (Wildman–Crippen MR) is 49.7 cm³/mol. The molecule has 0 fully saturated rings. The van der Waals surface area contributed by atoms with Gasteiger partial charge in [-0.05, 0) is 24.3 Å². The van der Waals surface area contributed by atoms with Crippen LogP contribution in [-0.4, -0.2) is 13.1 Å².